The largest absolute Gasteiger partial charge is 0.481 e. The summed E-state index contributed by atoms with van der Waals surface area (Å²) in [7, 11) is 0. The summed E-state index contributed by atoms with van der Waals surface area (Å²) in [4.78, 5) is 25.3. The number of carboxylic acid groups (broad SMARTS) is 1. The highest BCUT2D eigenvalue weighted by molar-refractivity contribution is 7.14. The van der Waals surface area contributed by atoms with E-state index < -0.39 is 5.97 Å². The van der Waals surface area contributed by atoms with E-state index in [0.29, 0.717) is 19.3 Å². The van der Waals surface area contributed by atoms with E-state index in [2.05, 4.69) is 20.8 Å². The van der Waals surface area contributed by atoms with Crippen LogP contribution in [0, 0.1) is 11.8 Å². The van der Waals surface area contributed by atoms with E-state index in [4.69, 9.17) is 5.11 Å². The minimum absolute atomic E-state index is 0.0580. The summed E-state index contributed by atoms with van der Waals surface area (Å²) in [5.74, 6) is -1.08. The van der Waals surface area contributed by atoms with E-state index >= 15 is 0 Å². The third kappa shape index (κ3) is 3.06. The summed E-state index contributed by atoms with van der Waals surface area (Å²) in [5, 5.41) is 8.99. The third-order valence-electron chi connectivity index (χ3n) is 3.74. The van der Waals surface area contributed by atoms with Crippen LogP contribution in [0.1, 0.15) is 54.6 Å². The zero-order valence-corrected chi connectivity index (χ0v) is 12.4. The Morgan fingerprint density at radius 2 is 1.84 bits per heavy atom. The second-order valence-corrected chi connectivity index (χ2v) is 7.41. The number of aliphatic carboxylic acids is 1. The van der Waals surface area contributed by atoms with E-state index in [-0.39, 0.29) is 23.0 Å². The quantitative estimate of drug-likeness (QED) is 0.858. The first-order valence-electron chi connectivity index (χ1n) is 6.66. The molecule has 3 nitrogen and oxygen atoms in total. The van der Waals surface area contributed by atoms with Crippen LogP contribution in [0.5, 0.6) is 0 Å². The maximum absolute atomic E-state index is 12.4. The Labute approximate surface area is 117 Å². The number of Topliss-reactive ketones (excluding diaryl/α,β-unsaturated/α-hetero) is 1. The summed E-state index contributed by atoms with van der Waals surface area (Å²) in [6.45, 7) is 6.38. The molecular weight excluding hydrogens is 260 g/mol. The van der Waals surface area contributed by atoms with Gasteiger partial charge in [-0.1, -0.05) is 20.8 Å². The molecule has 4 heteroatoms. The fourth-order valence-corrected chi connectivity index (χ4v) is 3.60. The zero-order valence-electron chi connectivity index (χ0n) is 11.6. The van der Waals surface area contributed by atoms with Crippen molar-refractivity contribution in [2.24, 2.45) is 11.8 Å². The van der Waals surface area contributed by atoms with Gasteiger partial charge >= 0.3 is 5.97 Å². The van der Waals surface area contributed by atoms with Crippen LogP contribution >= 0.6 is 11.3 Å². The van der Waals surface area contributed by atoms with Crippen LogP contribution in [0.25, 0.3) is 0 Å². The molecule has 1 aromatic heterocycles. The topological polar surface area (TPSA) is 54.4 Å². The number of carbonyl (C=O) groups is 2. The minimum Gasteiger partial charge on any atom is -0.481 e. The number of carbonyl (C=O) groups excluding carboxylic acids is 1. The lowest BCUT2D eigenvalue weighted by Gasteiger charge is -2.15. The second kappa shape index (κ2) is 5.08. The normalized spacial score (nSPS) is 23.5. The van der Waals surface area contributed by atoms with Crippen molar-refractivity contribution in [2.45, 2.75) is 45.4 Å². The molecule has 0 amide bonds. The molecule has 0 saturated heterocycles. The lowest BCUT2D eigenvalue weighted by Crippen LogP contribution is -2.14. The number of hydrogen-bond acceptors (Lipinski definition) is 3. The number of rotatable bonds is 3. The molecule has 0 aliphatic heterocycles. The first kappa shape index (κ1) is 14.3. The van der Waals surface area contributed by atoms with Crippen LogP contribution in [0.3, 0.4) is 0 Å². The van der Waals surface area contributed by atoms with Crippen molar-refractivity contribution in [1.29, 1.82) is 0 Å². The minimum atomic E-state index is -0.767. The van der Waals surface area contributed by atoms with Crippen LogP contribution < -0.4 is 0 Å². The fraction of sp³-hybridized carbons (Fsp3) is 0.600. The maximum atomic E-state index is 12.4. The Balaban J connectivity index is 2.09. The molecule has 1 fully saturated rings. The monoisotopic (exact) mass is 280 g/mol. The highest BCUT2D eigenvalue weighted by atomic mass is 32.1. The molecule has 1 aromatic rings. The molecule has 1 aliphatic carbocycles. The van der Waals surface area contributed by atoms with E-state index in [1.54, 1.807) is 11.3 Å². The van der Waals surface area contributed by atoms with Gasteiger partial charge in [-0.3, -0.25) is 9.59 Å². The molecule has 0 radical (unpaired) electrons. The highest BCUT2D eigenvalue weighted by Crippen LogP contribution is 2.36. The van der Waals surface area contributed by atoms with Gasteiger partial charge in [-0.25, -0.2) is 0 Å². The summed E-state index contributed by atoms with van der Waals surface area (Å²) >= 11 is 1.55. The van der Waals surface area contributed by atoms with Gasteiger partial charge in [0.1, 0.15) is 0 Å². The molecule has 19 heavy (non-hydrogen) atoms. The molecule has 1 saturated carbocycles. The molecular formula is C15H20O3S. The molecule has 0 bridgehead atoms. The number of hydrogen-bond donors (Lipinski definition) is 1. The maximum Gasteiger partial charge on any atom is 0.306 e. The predicted octanol–water partition coefficient (Wildman–Crippen LogP) is 3.73. The van der Waals surface area contributed by atoms with Crippen LogP contribution in [0.15, 0.2) is 12.1 Å². The van der Waals surface area contributed by atoms with Crippen molar-refractivity contribution in [2.75, 3.05) is 0 Å². The third-order valence-corrected chi connectivity index (χ3v) is 5.27. The van der Waals surface area contributed by atoms with Gasteiger partial charge in [-0.2, -0.15) is 0 Å². The van der Waals surface area contributed by atoms with Gasteiger partial charge < -0.3 is 5.11 Å². The van der Waals surface area contributed by atoms with Crippen molar-refractivity contribution in [3.8, 4) is 0 Å². The lowest BCUT2D eigenvalue weighted by atomic mass is 9.95. The second-order valence-electron chi connectivity index (χ2n) is 6.32. The molecule has 1 aliphatic rings. The molecule has 0 aromatic carbocycles. The lowest BCUT2D eigenvalue weighted by molar-refractivity contribution is -0.141. The van der Waals surface area contributed by atoms with Gasteiger partial charge in [0.2, 0.25) is 0 Å². The van der Waals surface area contributed by atoms with E-state index in [1.807, 2.05) is 12.1 Å². The highest BCUT2D eigenvalue weighted by Gasteiger charge is 2.34. The summed E-state index contributed by atoms with van der Waals surface area (Å²) in [6, 6.07) is 3.91. The Morgan fingerprint density at radius 3 is 2.32 bits per heavy atom. The van der Waals surface area contributed by atoms with Gasteiger partial charge in [0.05, 0.1) is 10.8 Å². The Hall–Kier alpha value is -1.16. The number of carboxylic acids is 1. The average Bonchev–Trinajstić information content (AvgIpc) is 2.97. The number of ketones is 1. The molecule has 104 valence electrons. The SMILES string of the molecule is CC(C)(C)c1ccc(C(=O)C2CCC(C(=O)O)C2)s1. The molecule has 2 unspecified atom stereocenters. The standard InChI is InChI=1S/C15H20O3S/c1-15(2,3)12-7-6-11(19-12)13(16)9-4-5-10(8-9)14(17)18/h6-7,9-10H,4-5,8H2,1-3H3,(H,17,18). The first-order valence-corrected chi connectivity index (χ1v) is 7.48. The van der Waals surface area contributed by atoms with Crippen LogP contribution in [-0.2, 0) is 10.2 Å². The summed E-state index contributed by atoms with van der Waals surface area (Å²) in [5.41, 5.74) is 0.0580. The van der Waals surface area contributed by atoms with E-state index in [0.717, 1.165) is 4.88 Å². The van der Waals surface area contributed by atoms with Crippen molar-refractivity contribution in [3.05, 3.63) is 21.9 Å². The van der Waals surface area contributed by atoms with Crippen molar-refractivity contribution in [3.63, 3.8) is 0 Å². The Bertz CT molecular complexity index is 496. The number of thiophene rings is 1. The van der Waals surface area contributed by atoms with E-state index in [9.17, 15) is 9.59 Å². The Morgan fingerprint density at radius 1 is 1.21 bits per heavy atom. The van der Waals surface area contributed by atoms with Crippen LogP contribution in [-0.4, -0.2) is 16.9 Å². The smallest absolute Gasteiger partial charge is 0.306 e. The van der Waals surface area contributed by atoms with Gasteiger partial charge in [-0.15, -0.1) is 11.3 Å². The fourth-order valence-electron chi connectivity index (χ4n) is 2.52. The van der Waals surface area contributed by atoms with Gasteiger partial charge in [0.15, 0.2) is 5.78 Å². The van der Waals surface area contributed by atoms with Crippen LogP contribution in [0.2, 0.25) is 0 Å². The molecule has 2 atom stereocenters. The molecule has 1 heterocycles. The summed E-state index contributed by atoms with van der Waals surface area (Å²) < 4.78 is 0. The molecule has 1 N–H and O–H groups in total. The predicted molar refractivity (Wildman–Crippen MR) is 75.8 cm³/mol. The first-order chi connectivity index (χ1) is 8.79. The summed E-state index contributed by atoms with van der Waals surface area (Å²) in [6.07, 6.45) is 1.83. The van der Waals surface area contributed by atoms with Crippen molar-refractivity contribution < 1.29 is 14.7 Å². The van der Waals surface area contributed by atoms with Crippen molar-refractivity contribution >= 4 is 23.1 Å². The van der Waals surface area contributed by atoms with Crippen LogP contribution in [0.4, 0.5) is 0 Å². The average molecular weight is 280 g/mol. The van der Waals surface area contributed by atoms with E-state index in [1.165, 1.54) is 4.88 Å². The van der Waals surface area contributed by atoms with Gasteiger partial charge in [0.25, 0.3) is 0 Å². The Kier molecular flexibility index (Phi) is 3.81. The molecule has 0 spiro atoms. The van der Waals surface area contributed by atoms with Crippen molar-refractivity contribution in [1.82, 2.24) is 0 Å². The molecule has 2 rings (SSSR count). The van der Waals surface area contributed by atoms with Gasteiger partial charge in [-0.05, 0) is 36.8 Å². The zero-order chi connectivity index (χ0) is 14.2. The van der Waals surface area contributed by atoms with Gasteiger partial charge in [0, 0.05) is 10.8 Å².